The van der Waals surface area contributed by atoms with Crippen molar-refractivity contribution in [2.24, 2.45) is 0 Å². The first kappa shape index (κ1) is 6.39. The third-order valence-electron chi connectivity index (χ3n) is 1.78. The lowest BCUT2D eigenvalue weighted by Crippen LogP contribution is -1.96. The van der Waals surface area contributed by atoms with Gasteiger partial charge < -0.3 is 9.52 Å². The van der Waals surface area contributed by atoms with Gasteiger partial charge >= 0.3 is 11.9 Å². The van der Waals surface area contributed by atoms with Crippen LogP contribution in [0.3, 0.4) is 0 Å². The first-order chi connectivity index (χ1) is 5.27. The van der Waals surface area contributed by atoms with Gasteiger partial charge in [-0.2, -0.15) is 0 Å². The molecule has 0 atom stereocenters. The Morgan fingerprint density at radius 1 is 1.55 bits per heavy atom. The van der Waals surface area contributed by atoms with Crippen molar-refractivity contribution in [1.82, 2.24) is 4.98 Å². The average molecular weight is 153 g/mol. The Kier molecular flexibility index (Phi) is 1.21. The number of aromatic nitrogens is 1. The molecule has 2 rings (SSSR count). The minimum absolute atomic E-state index is 0.172. The summed E-state index contributed by atoms with van der Waals surface area (Å²) in [6.07, 6.45) is 2.71. The third-order valence-corrected chi connectivity index (χ3v) is 1.78. The maximum atomic E-state index is 10.4. The number of rotatable bonds is 1. The van der Waals surface area contributed by atoms with Crippen molar-refractivity contribution >= 4 is 5.97 Å². The molecule has 0 aromatic carbocycles. The summed E-state index contributed by atoms with van der Waals surface area (Å²) in [5.41, 5.74) is 0.822. The number of oxazole rings is 1. The molecule has 0 amide bonds. The summed E-state index contributed by atoms with van der Waals surface area (Å²) in [4.78, 5) is 14.2. The summed E-state index contributed by atoms with van der Waals surface area (Å²) in [6, 6.07) is 0. The monoisotopic (exact) mass is 153 g/mol. The smallest absolute Gasteiger partial charge is 0.392 e. The Bertz CT molecular complexity index is 281. The topological polar surface area (TPSA) is 63.3 Å². The molecular weight excluding hydrogens is 146 g/mol. The van der Waals surface area contributed by atoms with Gasteiger partial charge in [0.1, 0.15) is 5.76 Å². The molecule has 0 unspecified atom stereocenters. The van der Waals surface area contributed by atoms with Gasteiger partial charge in [-0.05, 0) is 12.8 Å². The van der Waals surface area contributed by atoms with E-state index in [0.717, 1.165) is 30.7 Å². The van der Waals surface area contributed by atoms with Crippen LogP contribution in [0.15, 0.2) is 4.42 Å². The quantitative estimate of drug-likeness (QED) is 0.649. The van der Waals surface area contributed by atoms with Crippen molar-refractivity contribution < 1.29 is 14.3 Å². The summed E-state index contributed by atoms with van der Waals surface area (Å²) in [6.45, 7) is 0. The van der Waals surface area contributed by atoms with Crippen molar-refractivity contribution in [2.75, 3.05) is 0 Å². The van der Waals surface area contributed by atoms with E-state index in [1.54, 1.807) is 0 Å². The fourth-order valence-electron chi connectivity index (χ4n) is 1.28. The molecule has 1 aliphatic carbocycles. The second kappa shape index (κ2) is 2.08. The second-order valence-electron chi connectivity index (χ2n) is 2.55. The molecule has 11 heavy (non-hydrogen) atoms. The number of carboxylic acid groups (broad SMARTS) is 1. The Balaban J connectivity index is 2.42. The number of hydrogen-bond acceptors (Lipinski definition) is 3. The molecule has 1 aromatic heterocycles. The molecule has 1 aliphatic rings. The number of carbonyl (C=O) groups is 1. The van der Waals surface area contributed by atoms with Crippen molar-refractivity contribution in [3.05, 3.63) is 17.3 Å². The lowest BCUT2D eigenvalue weighted by molar-refractivity contribution is 0.0651. The van der Waals surface area contributed by atoms with E-state index < -0.39 is 5.97 Å². The summed E-state index contributed by atoms with van der Waals surface area (Å²) >= 11 is 0. The molecule has 0 aliphatic heterocycles. The van der Waals surface area contributed by atoms with E-state index >= 15 is 0 Å². The predicted molar refractivity (Wildman–Crippen MR) is 35.5 cm³/mol. The van der Waals surface area contributed by atoms with E-state index in [1.807, 2.05) is 0 Å². The van der Waals surface area contributed by atoms with Gasteiger partial charge in [-0.1, -0.05) is 0 Å². The van der Waals surface area contributed by atoms with Crippen LogP contribution in [-0.2, 0) is 12.8 Å². The van der Waals surface area contributed by atoms with Crippen LogP contribution in [-0.4, -0.2) is 16.1 Å². The number of aromatic carboxylic acids is 1. The highest BCUT2D eigenvalue weighted by molar-refractivity contribution is 5.82. The van der Waals surface area contributed by atoms with E-state index in [2.05, 4.69) is 4.98 Å². The Morgan fingerprint density at radius 2 is 2.36 bits per heavy atom. The van der Waals surface area contributed by atoms with Crippen LogP contribution < -0.4 is 0 Å². The standard InChI is InChI=1S/C7H7NO3/c9-7(10)6-8-4-2-1-3-5(4)11-6/h1-3H2,(H,9,10). The van der Waals surface area contributed by atoms with Gasteiger partial charge in [-0.15, -0.1) is 0 Å². The summed E-state index contributed by atoms with van der Waals surface area (Å²) < 4.78 is 4.98. The van der Waals surface area contributed by atoms with Crippen LogP contribution >= 0.6 is 0 Å². The Morgan fingerprint density at radius 3 is 3.00 bits per heavy atom. The lowest BCUT2D eigenvalue weighted by atomic mass is 10.4. The van der Waals surface area contributed by atoms with Gasteiger partial charge in [-0.25, -0.2) is 9.78 Å². The van der Waals surface area contributed by atoms with E-state index in [1.165, 1.54) is 0 Å². The summed E-state index contributed by atoms with van der Waals surface area (Å²) in [7, 11) is 0. The largest absolute Gasteiger partial charge is 0.474 e. The van der Waals surface area contributed by atoms with E-state index in [4.69, 9.17) is 9.52 Å². The minimum Gasteiger partial charge on any atom is -0.474 e. The lowest BCUT2D eigenvalue weighted by Gasteiger charge is -1.84. The molecule has 0 fully saturated rings. The number of hydrogen-bond donors (Lipinski definition) is 1. The molecule has 0 saturated heterocycles. The van der Waals surface area contributed by atoms with Gasteiger partial charge in [0.15, 0.2) is 0 Å². The van der Waals surface area contributed by atoms with Crippen molar-refractivity contribution in [1.29, 1.82) is 0 Å². The number of nitrogens with zero attached hydrogens (tertiary/aromatic N) is 1. The van der Waals surface area contributed by atoms with Gasteiger partial charge in [0, 0.05) is 6.42 Å². The normalized spacial score (nSPS) is 14.9. The van der Waals surface area contributed by atoms with E-state index in [9.17, 15) is 4.79 Å². The predicted octanol–water partition coefficient (Wildman–Crippen LogP) is 0.861. The van der Waals surface area contributed by atoms with Crippen LogP contribution in [0, 0.1) is 0 Å². The highest BCUT2D eigenvalue weighted by atomic mass is 16.4. The molecule has 4 nitrogen and oxygen atoms in total. The summed E-state index contributed by atoms with van der Waals surface area (Å²) in [5.74, 6) is -0.503. The maximum absolute atomic E-state index is 10.4. The van der Waals surface area contributed by atoms with Crippen LogP contribution in [0.4, 0.5) is 0 Å². The zero-order valence-electron chi connectivity index (χ0n) is 5.83. The number of fused-ring (bicyclic) bond motifs is 1. The molecule has 4 heteroatoms. The molecule has 0 spiro atoms. The van der Waals surface area contributed by atoms with Crippen LogP contribution in [0.25, 0.3) is 0 Å². The van der Waals surface area contributed by atoms with Crippen molar-refractivity contribution in [2.45, 2.75) is 19.3 Å². The van der Waals surface area contributed by atoms with Crippen molar-refractivity contribution in [3.63, 3.8) is 0 Å². The molecule has 1 N–H and O–H groups in total. The maximum Gasteiger partial charge on any atom is 0.392 e. The fourth-order valence-corrected chi connectivity index (χ4v) is 1.28. The highest BCUT2D eigenvalue weighted by Gasteiger charge is 2.21. The van der Waals surface area contributed by atoms with Gasteiger partial charge in [0.2, 0.25) is 0 Å². The molecule has 0 saturated carbocycles. The first-order valence-electron chi connectivity index (χ1n) is 3.49. The Labute approximate surface area is 62.9 Å². The van der Waals surface area contributed by atoms with Crippen LogP contribution in [0.5, 0.6) is 0 Å². The fraction of sp³-hybridized carbons (Fsp3) is 0.429. The molecule has 1 aromatic rings. The minimum atomic E-state index is -1.08. The van der Waals surface area contributed by atoms with E-state index in [0.29, 0.717) is 0 Å². The molecule has 0 bridgehead atoms. The number of carboxylic acids is 1. The van der Waals surface area contributed by atoms with E-state index in [-0.39, 0.29) is 5.89 Å². The molecular formula is C7H7NO3. The van der Waals surface area contributed by atoms with Crippen molar-refractivity contribution in [3.8, 4) is 0 Å². The zero-order chi connectivity index (χ0) is 7.84. The van der Waals surface area contributed by atoms with Gasteiger partial charge in [0.05, 0.1) is 5.69 Å². The van der Waals surface area contributed by atoms with Crippen LogP contribution in [0.2, 0.25) is 0 Å². The van der Waals surface area contributed by atoms with Gasteiger partial charge in [0.25, 0.3) is 0 Å². The number of aryl methyl sites for hydroxylation is 2. The van der Waals surface area contributed by atoms with Crippen LogP contribution in [0.1, 0.15) is 28.6 Å². The average Bonchev–Trinajstić information content (AvgIpc) is 2.40. The third kappa shape index (κ3) is 0.906. The SMILES string of the molecule is O=C(O)c1nc2c(o1)CCC2. The first-order valence-corrected chi connectivity index (χ1v) is 3.49. The summed E-state index contributed by atoms with van der Waals surface area (Å²) in [5, 5.41) is 8.49. The Hall–Kier alpha value is -1.32. The zero-order valence-corrected chi connectivity index (χ0v) is 5.83. The van der Waals surface area contributed by atoms with Gasteiger partial charge in [-0.3, -0.25) is 0 Å². The second-order valence-corrected chi connectivity index (χ2v) is 2.55. The highest BCUT2D eigenvalue weighted by Crippen LogP contribution is 2.21. The molecule has 1 heterocycles. The molecule has 0 radical (unpaired) electrons. The molecule has 58 valence electrons.